The lowest BCUT2D eigenvalue weighted by atomic mass is 10.0. The zero-order chi connectivity index (χ0) is 40.9. The second-order valence-corrected chi connectivity index (χ2v) is 15.3. The molecule has 3 aromatic carbocycles. The van der Waals surface area contributed by atoms with E-state index in [0.29, 0.717) is 43.6 Å². The summed E-state index contributed by atoms with van der Waals surface area (Å²) in [5, 5.41) is 8.05. The number of rotatable bonds is 8. The predicted molar refractivity (Wildman–Crippen MR) is 222 cm³/mol. The van der Waals surface area contributed by atoms with Crippen molar-refractivity contribution in [3.63, 3.8) is 0 Å². The van der Waals surface area contributed by atoms with Gasteiger partial charge in [-0.2, -0.15) is 5.10 Å². The molecule has 0 aliphatic carbocycles. The van der Waals surface area contributed by atoms with Gasteiger partial charge in [0.05, 0.1) is 40.6 Å². The Labute approximate surface area is 343 Å². The van der Waals surface area contributed by atoms with E-state index in [-0.39, 0.29) is 30.0 Å². The van der Waals surface area contributed by atoms with Crippen LogP contribution in [0.5, 0.6) is 11.5 Å². The van der Waals surface area contributed by atoms with Gasteiger partial charge in [0.25, 0.3) is 11.8 Å². The number of carbonyl (C=O) groups is 4. The second kappa shape index (κ2) is 15.1. The molecule has 4 aliphatic heterocycles. The number of hydrogen-bond acceptors (Lipinski definition) is 14. The fourth-order valence-corrected chi connectivity index (χ4v) is 8.59. The number of piperidine rings is 2. The van der Waals surface area contributed by atoms with Gasteiger partial charge in [0, 0.05) is 56.9 Å². The van der Waals surface area contributed by atoms with Gasteiger partial charge in [0.15, 0.2) is 5.65 Å². The van der Waals surface area contributed by atoms with Crippen LogP contribution < -0.4 is 30.5 Å². The van der Waals surface area contributed by atoms with E-state index in [0.717, 1.165) is 70.3 Å². The molecule has 1 atom stereocenters. The largest absolute Gasteiger partial charge is 0.457 e. The standard InChI is InChI=1S/C43H40N12O5/c44-38-36-37(26-6-9-31(10-7-26)60-30-4-2-1-3-5-30)50-55(39(36)48-25-47-38)27-14-16-51(17-15-27)29-23-45-43(46-24-29)53-20-18-52(19-21-53)28-8-11-32-33(22-28)42(59)54(41(32)58)34-12-13-35(56)49-40(34)57/h1-11,22-25,27,34H,12-21H2,(H2,44,47,48)(H,49,56,57). The molecule has 302 valence electrons. The highest BCUT2D eigenvalue weighted by Gasteiger charge is 2.45. The van der Waals surface area contributed by atoms with Crippen molar-refractivity contribution >= 4 is 57.8 Å². The van der Waals surface area contributed by atoms with Crippen molar-refractivity contribution in [1.82, 2.24) is 39.9 Å². The smallest absolute Gasteiger partial charge is 0.262 e. The number of ether oxygens (including phenoxy) is 1. The summed E-state index contributed by atoms with van der Waals surface area (Å²) >= 11 is 0. The maximum absolute atomic E-state index is 13.4. The number of nitrogens with zero attached hydrogens (tertiary/aromatic N) is 10. The van der Waals surface area contributed by atoms with Gasteiger partial charge in [-0.05, 0) is 73.9 Å². The van der Waals surface area contributed by atoms with E-state index >= 15 is 0 Å². The summed E-state index contributed by atoms with van der Waals surface area (Å²) < 4.78 is 8.00. The molecule has 60 heavy (non-hydrogen) atoms. The molecule has 4 aliphatic rings. The van der Waals surface area contributed by atoms with Gasteiger partial charge in [0.1, 0.15) is 35.4 Å². The van der Waals surface area contributed by atoms with E-state index in [2.05, 4.69) is 30.0 Å². The van der Waals surface area contributed by atoms with Crippen molar-refractivity contribution in [2.24, 2.45) is 0 Å². The minimum Gasteiger partial charge on any atom is -0.457 e. The summed E-state index contributed by atoms with van der Waals surface area (Å²) in [6, 6.07) is 21.8. The molecule has 10 rings (SSSR count). The molecule has 4 amide bonds. The molecule has 0 spiro atoms. The van der Waals surface area contributed by atoms with Crippen LogP contribution in [-0.4, -0.2) is 104 Å². The Hall–Kier alpha value is -7.43. The Balaban J connectivity index is 0.763. The number of nitrogens with one attached hydrogen (secondary N) is 1. The highest BCUT2D eigenvalue weighted by molar-refractivity contribution is 6.23. The number of nitrogens with two attached hydrogens (primary N) is 1. The number of carbonyl (C=O) groups excluding carboxylic acids is 4. The Morgan fingerprint density at radius 3 is 2.10 bits per heavy atom. The molecule has 3 aromatic heterocycles. The normalized spacial score (nSPS) is 18.6. The second-order valence-electron chi connectivity index (χ2n) is 15.3. The van der Waals surface area contributed by atoms with Crippen LogP contribution in [0.2, 0.25) is 0 Å². The average molecular weight is 805 g/mol. The predicted octanol–water partition coefficient (Wildman–Crippen LogP) is 4.23. The van der Waals surface area contributed by atoms with Gasteiger partial charge in [-0.15, -0.1) is 0 Å². The molecule has 3 fully saturated rings. The van der Waals surface area contributed by atoms with Crippen LogP contribution in [0.1, 0.15) is 52.4 Å². The third-order valence-electron chi connectivity index (χ3n) is 11.8. The lowest BCUT2D eigenvalue weighted by Gasteiger charge is -2.36. The van der Waals surface area contributed by atoms with E-state index < -0.39 is 29.7 Å². The van der Waals surface area contributed by atoms with Crippen molar-refractivity contribution in [1.29, 1.82) is 0 Å². The number of benzene rings is 3. The molecule has 0 bridgehead atoms. The van der Waals surface area contributed by atoms with Crippen LogP contribution in [0.15, 0.2) is 91.5 Å². The number of fused-ring (bicyclic) bond motifs is 2. The first-order chi connectivity index (χ1) is 29.3. The molecule has 0 radical (unpaired) electrons. The molecule has 0 saturated carbocycles. The maximum Gasteiger partial charge on any atom is 0.262 e. The number of aromatic nitrogens is 6. The Morgan fingerprint density at radius 2 is 1.37 bits per heavy atom. The van der Waals surface area contributed by atoms with Crippen molar-refractivity contribution in [3.05, 3.63) is 103 Å². The van der Waals surface area contributed by atoms with E-state index in [9.17, 15) is 19.2 Å². The number of nitrogen functional groups attached to an aromatic ring is 1. The molecule has 1 unspecified atom stereocenters. The lowest BCUT2D eigenvalue weighted by molar-refractivity contribution is -0.136. The van der Waals surface area contributed by atoms with Crippen LogP contribution in [0, 0.1) is 0 Å². The van der Waals surface area contributed by atoms with Crippen molar-refractivity contribution in [3.8, 4) is 22.8 Å². The number of hydrogen-bond donors (Lipinski definition) is 2. The summed E-state index contributed by atoms with van der Waals surface area (Å²) in [5.74, 6) is 0.469. The fourth-order valence-electron chi connectivity index (χ4n) is 8.59. The van der Waals surface area contributed by atoms with Crippen molar-refractivity contribution < 1.29 is 23.9 Å². The van der Waals surface area contributed by atoms with E-state index in [1.54, 1.807) is 12.1 Å². The zero-order valence-electron chi connectivity index (χ0n) is 32.5. The average Bonchev–Trinajstić information content (AvgIpc) is 3.79. The molecule has 17 nitrogen and oxygen atoms in total. The molecule has 17 heteroatoms. The van der Waals surface area contributed by atoms with Gasteiger partial charge in [0.2, 0.25) is 17.8 Å². The maximum atomic E-state index is 13.4. The van der Waals surface area contributed by atoms with Crippen LogP contribution >= 0.6 is 0 Å². The van der Waals surface area contributed by atoms with Gasteiger partial charge >= 0.3 is 0 Å². The summed E-state index contributed by atoms with van der Waals surface area (Å²) in [4.78, 5) is 76.6. The van der Waals surface area contributed by atoms with Gasteiger partial charge in [-0.25, -0.2) is 24.6 Å². The van der Waals surface area contributed by atoms with Gasteiger partial charge in [-0.3, -0.25) is 29.4 Å². The summed E-state index contributed by atoms with van der Waals surface area (Å²) in [6.07, 6.45) is 7.13. The first kappa shape index (κ1) is 36.9. The number of imide groups is 2. The first-order valence-electron chi connectivity index (χ1n) is 20.0. The lowest BCUT2D eigenvalue weighted by Crippen LogP contribution is -2.54. The third kappa shape index (κ3) is 6.66. The van der Waals surface area contributed by atoms with Crippen LogP contribution in [-0.2, 0) is 9.59 Å². The SMILES string of the molecule is Nc1ncnc2c1c(-c1ccc(Oc3ccccc3)cc1)nn2C1CCN(c2cnc(N3CCN(c4ccc5c(c4)C(=O)N(C4CCC(=O)NC4=O)C5=O)CC3)nc2)CC1. The summed E-state index contributed by atoms with van der Waals surface area (Å²) in [5.41, 5.74) is 11.1. The van der Waals surface area contributed by atoms with Crippen molar-refractivity contribution in [2.75, 3.05) is 59.7 Å². The molecular weight excluding hydrogens is 765 g/mol. The highest BCUT2D eigenvalue weighted by Crippen LogP contribution is 2.36. The number of anilines is 4. The third-order valence-corrected chi connectivity index (χ3v) is 11.8. The quantitative estimate of drug-likeness (QED) is 0.207. The van der Waals surface area contributed by atoms with E-state index in [1.807, 2.05) is 77.7 Å². The Morgan fingerprint density at radius 1 is 0.683 bits per heavy atom. The minimum absolute atomic E-state index is 0.0771. The molecule has 3 saturated heterocycles. The highest BCUT2D eigenvalue weighted by atomic mass is 16.5. The molecule has 3 N–H and O–H groups in total. The Kier molecular flexibility index (Phi) is 9.26. The molecule has 6 aromatic rings. The molecular formula is C43H40N12O5. The molecule has 7 heterocycles. The van der Waals surface area contributed by atoms with Crippen LogP contribution in [0.25, 0.3) is 22.3 Å². The summed E-state index contributed by atoms with van der Waals surface area (Å²) in [7, 11) is 0. The minimum atomic E-state index is -0.995. The zero-order valence-corrected chi connectivity index (χ0v) is 32.5. The first-order valence-corrected chi connectivity index (χ1v) is 20.0. The van der Waals surface area contributed by atoms with Crippen LogP contribution in [0.3, 0.4) is 0 Å². The van der Waals surface area contributed by atoms with Crippen LogP contribution in [0.4, 0.5) is 23.1 Å². The summed E-state index contributed by atoms with van der Waals surface area (Å²) in [6.45, 7) is 4.22. The van der Waals surface area contributed by atoms with Crippen molar-refractivity contribution in [2.45, 2.75) is 37.8 Å². The Bertz CT molecular complexity index is 2640. The van der Waals surface area contributed by atoms with Gasteiger partial charge in [-0.1, -0.05) is 18.2 Å². The fraction of sp³-hybridized carbons (Fsp3) is 0.279. The number of amides is 4. The topological polar surface area (TPSA) is 198 Å². The van der Waals surface area contributed by atoms with E-state index in [4.69, 9.17) is 25.5 Å². The van der Waals surface area contributed by atoms with Gasteiger partial charge < -0.3 is 25.2 Å². The monoisotopic (exact) mass is 804 g/mol. The number of para-hydroxylation sites is 1. The van der Waals surface area contributed by atoms with E-state index in [1.165, 1.54) is 6.33 Å². The number of piperazine rings is 1.